The molecule has 1 aromatic carbocycles. The second-order valence-corrected chi connectivity index (χ2v) is 7.28. The van der Waals surface area contributed by atoms with E-state index in [0.717, 1.165) is 0 Å². The van der Waals surface area contributed by atoms with Gasteiger partial charge >= 0.3 is 0 Å². The molecule has 0 unspecified atom stereocenters. The van der Waals surface area contributed by atoms with Gasteiger partial charge in [0.15, 0.2) is 4.90 Å². The zero-order valence-corrected chi connectivity index (χ0v) is 13.9. The first-order valence-corrected chi connectivity index (χ1v) is 8.80. The fourth-order valence-electron chi connectivity index (χ4n) is 2.76. The smallest absolute Gasteiger partial charge is 0.291 e. The van der Waals surface area contributed by atoms with Crippen LogP contribution < -0.4 is 5.56 Å². The number of para-hydroxylation sites is 1. The lowest BCUT2D eigenvalue weighted by atomic mass is 10.3. The summed E-state index contributed by atoms with van der Waals surface area (Å²) in [6.07, 6.45) is 0. The molecule has 0 atom stereocenters. The van der Waals surface area contributed by atoms with E-state index < -0.39 is 15.6 Å². The second kappa shape index (κ2) is 5.95. The summed E-state index contributed by atoms with van der Waals surface area (Å²) < 4.78 is 35.2. The Labute approximate surface area is 134 Å². The third-order valence-corrected chi connectivity index (χ3v) is 6.10. The Morgan fingerprint density at radius 3 is 2.30 bits per heavy atom. The molecule has 8 heteroatoms. The summed E-state index contributed by atoms with van der Waals surface area (Å²) in [6.45, 7) is 2.87. The number of aromatic nitrogens is 2. The van der Waals surface area contributed by atoms with Gasteiger partial charge in [-0.05, 0) is 19.1 Å². The van der Waals surface area contributed by atoms with Gasteiger partial charge in [-0.1, -0.05) is 18.2 Å². The first-order chi connectivity index (χ1) is 10.9. The van der Waals surface area contributed by atoms with Crippen molar-refractivity contribution in [2.24, 2.45) is 7.05 Å². The number of hydrogen-bond donors (Lipinski definition) is 0. The lowest BCUT2D eigenvalue weighted by Gasteiger charge is -2.25. The van der Waals surface area contributed by atoms with Crippen LogP contribution in [-0.2, 0) is 21.8 Å². The average molecular weight is 337 g/mol. The quantitative estimate of drug-likeness (QED) is 0.818. The van der Waals surface area contributed by atoms with Gasteiger partial charge in [0.05, 0.1) is 24.6 Å². The Balaban J connectivity index is 2.16. The maximum Gasteiger partial charge on any atom is 0.291 e. The van der Waals surface area contributed by atoms with Gasteiger partial charge < -0.3 is 4.74 Å². The zero-order chi connectivity index (χ0) is 16.6. The maximum atomic E-state index is 12.9. The number of sulfonamides is 1. The number of hydrogen-bond acceptors (Lipinski definition) is 4. The maximum absolute atomic E-state index is 12.9. The van der Waals surface area contributed by atoms with Gasteiger partial charge in [0.25, 0.3) is 15.6 Å². The van der Waals surface area contributed by atoms with Crippen LogP contribution in [0.3, 0.4) is 0 Å². The van der Waals surface area contributed by atoms with Crippen molar-refractivity contribution in [1.82, 2.24) is 13.7 Å². The molecule has 0 amide bonds. The Hall–Kier alpha value is -1.90. The SMILES string of the molecule is Cc1c(S(=O)(=O)N2CCOCC2)c(=O)n(-c2ccccc2)n1C. The minimum Gasteiger partial charge on any atom is -0.379 e. The van der Waals surface area contributed by atoms with E-state index in [4.69, 9.17) is 4.74 Å². The van der Waals surface area contributed by atoms with Crippen LogP contribution in [0.25, 0.3) is 5.69 Å². The monoisotopic (exact) mass is 337 g/mol. The molecule has 0 radical (unpaired) electrons. The number of rotatable bonds is 3. The number of nitrogens with zero attached hydrogens (tertiary/aromatic N) is 3. The summed E-state index contributed by atoms with van der Waals surface area (Å²) in [5.41, 5.74) is 0.527. The normalized spacial score (nSPS) is 16.6. The van der Waals surface area contributed by atoms with Crippen molar-refractivity contribution in [3.8, 4) is 5.69 Å². The molecule has 1 aliphatic heterocycles. The number of ether oxygens (including phenoxy) is 1. The van der Waals surface area contributed by atoms with Crippen LogP contribution in [0.15, 0.2) is 40.0 Å². The van der Waals surface area contributed by atoms with E-state index in [-0.39, 0.29) is 18.0 Å². The summed E-state index contributed by atoms with van der Waals surface area (Å²) in [4.78, 5) is 12.6. The average Bonchev–Trinajstić information content (AvgIpc) is 2.79. The van der Waals surface area contributed by atoms with Crippen LogP contribution in [-0.4, -0.2) is 48.4 Å². The van der Waals surface area contributed by atoms with Crippen LogP contribution in [0.2, 0.25) is 0 Å². The van der Waals surface area contributed by atoms with Crippen molar-refractivity contribution in [2.75, 3.05) is 26.3 Å². The highest BCUT2D eigenvalue weighted by Gasteiger charge is 2.33. The minimum absolute atomic E-state index is 0.161. The Kier molecular flexibility index (Phi) is 4.13. The van der Waals surface area contributed by atoms with E-state index >= 15 is 0 Å². The molecule has 2 heterocycles. The van der Waals surface area contributed by atoms with Crippen molar-refractivity contribution >= 4 is 10.0 Å². The molecule has 1 saturated heterocycles. The summed E-state index contributed by atoms with van der Waals surface area (Å²) in [7, 11) is -2.15. The van der Waals surface area contributed by atoms with Crippen molar-refractivity contribution in [2.45, 2.75) is 11.8 Å². The molecule has 0 aliphatic carbocycles. The van der Waals surface area contributed by atoms with E-state index in [0.29, 0.717) is 24.6 Å². The molecule has 3 rings (SSSR count). The second-order valence-electron chi connectivity index (χ2n) is 5.41. The van der Waals surface area contributed by atoms with Gasteiger partial charge in [-0.15, -0.1) is 0 Å². The van der Waals surface area contributed by atoms with Gasteiger partial charge in [0.1, 0.15) is 0 Å². The van der Waals surface area contributed by atoms with Crippen LogP contribution in [0.5, 0.6) is 0 Å². The zero-order valence-electron chi connectivity index (χ0n) is 13.1. The number of benzene rings is 1. The highest BCUT2D eigenvalue weighted by Crippen LogP contribution is 2.19. The Morgan fingerprint density at radius 2 is 1.70 bits per heavy atom. The van der Waals surface area contributed by atoms with Gasteiger partial charge in [-0.2, -0.15) is 4.31 Å². The fourth-order valence-corrected chi connectivity index (χ4v) is 4.46. The summed E-state index contributed by atoms with van der Waals surface area (Å²) in [5.74, 6) is 0. The highest BCUT2D eigenvalue weighted by atomic mass is 32.2. The van der Waals surface area contributed by atoms with Crippen LogP contribution >= 0.6 is 0 Å². The lowest BCUT2D eigenvalue weighted by molar-refractivity contribution is 0.0730. The molecule has 124 valence electrons. The predicted octanol–water partition coefficient (Wildman–Crippen LogP) is 0.505. The highest BCUT2D eigenvalue weighted by molar-refractivity contribution is 7.89. The van der Waals surface area contributed by atoms with Crippen molar-refractivity contribution < 1.29 is 13.2 Å². The molecule has 1 fully saturated rings. The molecule has 2 aromatic rings. The molecule has 0 saturated carbocycles. The molecular weight excluding hydrogens is 318 g/mol. The van der Waals surface area contributed by atoms with Crippen LogP contribution in [0.4, 0.5) is 0 Å². The topological polar surface area (TPSA) is 73.5 Å². The summed E-state index contributed by atoms with van der Waals surface area (Å²) in [6, 6.07) is 8.99. The third kappa shape index (κ3) is 2.62. The fraction of sp³-hybridized carbons (Fsp3) is 0.400. The molecule has 1 aliphatic rings. The lowest BCUT2D eigenvalue weighted by Crippen LogP contribution is -2.42. The first-order valence-electron chi connectivity index (χ1n) is 7.36. The molecular formula is C15H19N3O4S. The standard InChI is InChI=1S/C15H19N3O4S/c1-12-14(23(20,21)17-8-10-22-11-9-17)15(19)18(16(12)2)13-6-4-3-5-7-13/h3-7H,8-11H2,1-2H3. The van der Waals surface area contributed by atoms with Gasteiger partial charge in [-0.25, -0.2) is 13.1 Å². The Morgan fingerprint density at radius 1 is 1.09 bits per heavy atom. The van der Waals surface area contributed by atoms with E-state index in [1.165, 1.54) is 8.99 Å². The van der Waals surface area contributed by atoms with Gasteiger partial charge in [0.2, 0.25) is 0 Å². The van der Waals surface area contributed by atoms with Crippen LogP contribution in [0, 0.1) is 6.92 Å². The predicted molar refractivity (Wildman–Crippen MR) is 85.3 cm³/mol. The summed E-state index contributed by atoms with van der Waals surface area (Å²) >= 11 is 0. The van der Waals surface area contributed by atoms with Crippen molar-refractivity contribution in [3.63, 3.8) is 0 Å². The largest absolute Gasteiger partial charge is 0.379 e. The molecule has 0 bridgehead atoms. The first kappa shape index (κ1) is 16.0. The molecule has 0 N–H and O–H groups in total. The molecule has 0 spiro atoms. The van der Waals surface area contributed by atoms with Crippen molar-refractivity contribution in [1.29, 1.82) is 0 Å². The van der Waals surface area contributed by atoms with Crippen molar-refractivity contribution in [3.05, 3.63) is 46.4 Å². The number of morpholine rings is 1. The van der Waals surface area contributed by atoms with E-state index in [2.05, 4.69) is 0 Å². The molecule has 1 aromatic heterocycles. The van der Waals surface area contributed by atoms with Gasteiger partial charge in [0, 0.05) is 20.1 Å². The molecule has 23 heavy (non-hydrogen) atoms. The minimum atomic E-state index is -3.83. The molecule has 7 nitrogen and oxygen atoms in total. The third-order valence-electron chi connectivity index (χ3n) is 4.07. The van der Waals surface area contributed by atoms with E-state index in [1.807, 2.05) is 6.07 Å². The van der Waals surface area contributed by atoms with E-state index in [1.54, 1.807) is 42.9 Å². The van der Waals surface area contributed by atoms with Gasteiger partial charge in [-0.3, -0.25) is 9.48 Å². The summed E-state index contributed by atoms with van der Waals surface area (Å²) in [5, 5.41) is 0. The van der Waals surface area contributed by atoms with E-state index in [9.17, 15) is 13.2 Å². The van der Waals surface area contributed by atoms with Crippen LogP contribution in [0.1, 0.15) is 5.69 Å². The Bertz CT molecular complexity index is 862.